The summed E-state index contributed by atoms with van der Waals surface area (Å²) in [4.78, 5) is 0. The lowest BCUT2D eigenvalue weighted by atomic mass is 9.46. The first kappa shape index (κ1) is 19.1. The number of hydrogen-bond donors (Lipinski definition) is 1. The van der Waals surface area contributed by atoms with Crippen LogP contribution in [0.25, 0.3) is 0 Å². The van der Waals surface area contributed by atoms with Crippen molar-refractivity contribution in [3.05, 3.63) is 37.0 Å². The molecule has 5 rings (SSSR count). The molecule has 0 aromatic rings. The minimum absolute atomic E-state index is 0.211. The first-order chi connectivity index (χ1) is 13.6. The zero-order chi connectivity index (χ0) is 19.5. The second-order valence-corrected chi connectivity index (χ2v) is 10.5. The molecule has 2 heteroatoms. The fourth-order valence-electron chi connectivity index (χ4n) is 8.77. The Morgan fingerprint density at radius 2 is 2.07 bits per heavy atom. The van der Waals surface area contributed by atoms with Crippen LogP contribution in [-0.4, -0.2) is 24.4 Å². The number of allylic oxidation sites excluding steroid dienone is 2. The summed E-state index contributed by atoms with van der Waals surface area (Å²) >= 11 is 0. The summed E-state index contributed by atoms with van der Waals surface area (Å²) in [6, 6.07) is 0. The van der Waals surface area contributed by atoms with Gasteiger partial charge in [-0.3, -0.25) is 0 Å². The summed E-state index contributed by atoms with van der Waals surface area (Å²) in [5, 5.41) is 10.2. The molecule has 10 unspecified atom stereocenters. The molecule has 0 heterocycles. The van der Waals surface area contributed by atoms with E-state index in [1.807, 2.05) is 6.08 Å². The summed E-state index contributed by atoms with van der Waals surface area (Å²) < 4.78 is 6.05. The highest BCUT2D eigenvalue weighted by molar-refractivity contribution is 5.26. The highest BCUT2D eigenvalue weighted by Crippen LogP contribution is 2.76. The number of fused-ring (bicyclic) bond motifs is 7. The summed E-state index contributed by atoms with van der Waals surface area (Å²) in [5.74, 6) is 6.42. The third-order valence-corrected chi connectivity index (χ3v) is 9.76. The first-order valence-electron chi connectivity index (χ1n) is 11.8. The van der Waals surface area contributed by atoms with E-state index in [2.05, 4.69) is 32.2 Å². The minimum atomic E-state index is -0.211. The van der Waals surface area contributed by atoms with Crippen molar-refractivity contribution in [2.24, 2.45) is 52.8 Å². The Bertz CT molecular complexity index is 665. The van der Waals surface area contributed by atoms with E-state index in [1.54, 1.807) is 5.57 Å². The number of rotatable bonds is 6. The van der Waals surface area contributed by atoms with E-state index in [9.17, 15) is 5.11 Å². The number of hydrogen-bond acceptors (Lipinski definition) is 2. The lowest BCUT2D eigenvalue weighted by molar-refractivity contribution is -0.0849. The molecule has 154 valence electrons. The predicted octanol–water partition coefficient (Wildman–Crippen LogP) is 5.40. The highest BCUT2D eigenvalue weighted by atomic mass is 16.5. The quantitative estimate of drug-likeness (QED) is 0.492. The summed E-state index contributed by atoms with van der Waals surface area (Å²) in [5.41, 5.74) is 2.05. The van der Waals surface area contributed by atoms with E-state index in [1.165, 1.54) is 32.1 Å². The maximum atomic E-state index is 10.2. The predicted molar refractivity (Wildman–Crippen MR) is 114 cm³/mol. The zero-order valence-electron chi connectivity index (χ0n) is 17.6. The molecule has 0 saturated heterocycles. The maximum Gasteiger partial charge on any atom is 0.0723 e. The number of ether oxygens (including phenoxy) is 1. The first-order valence-corrected chi connectivity index (χ1v) is 11.8. The van der Waals surface area contributed by atoms with Gasteiger partial charge in [0, 0.05) is 0 Å². The van der Waals surface area contributed by atoms with Crippen molar-refractivity contribution in [3.63, 3.8) is 0 Å². The molecule has 0 aliphatic heterocycles. The van der Waals surface area contributed by atoms with Gasteiger partial charge in [0.05, 0.1) is 19.3 Å². The topological polar surface area (TPSA) is 29.5 Å². The maximum absolute atomic E-state index is 10.2. The second kappa shape index (κ2) is 7.13. The summed E-state index contributed by atoms with van der Waals surface area (Å²) in [6.07, 6.45) is 15.0. The molecule has 0 aromatic heterocycles. The lowest BCUT2D eigenvalue weighted by Crippen LogP contribution is -2.52. The van der Waals surface area contributed by atoms with Gasteiger partial charge >= 0.3 is 0 Å². The van der Waals surface area contributed by atoms with E-state index in [-0.39, 0.29) is 6.10 Å². The van der Waals surface area contributed by atoms with E-state index in [0.29, 0.717) is 17.9 Å². The Labute approximate surface area is 171 Å². The van der Waals surface area contributed by atoms with Crippen LogP contribution in [-0.2, 0) is 4.74 Å². The zero-order valence-corrected chi connectivity index (χ0v) is 17.6. The standard InChI is InChI=1S/C26H38O2/c1-4-11-28-15-23-21-14-22(21)25-24-16(5-2)12-17-13-18(27)7-8-19(17)20(24)9-10-26(23,25)6-3/h4-5,13,16,18-25,27H,1-2,6-12,14-15H2,3H3. The molecule has 4 fully saturated rings. The van der Waals surface area contributed by atoms with Crippen LogP contribution in [0, 0.1) is 52.8 Å². The van der Waals surface area contributed by atoms with Gasteiger partial charge < -0.3 is 9.84 Å². The molecule has 0 radical (unpaired) electrons. The molecule has 2 nitrogen and oxygen atoms in total. The van der Waals surface area contributed by atoms with Crippen LogP contribution in [0.2, 0.25) is 0 Å². The van der Waals surface area contributed by atoms with Gasteiger partial charge in [0.25, 0.3) is 0 Å². The average Bonchev–Trinajstić information content (AvgIpc) is 3.44. The minimum Gasteiger partial charge on any atom is -0.389 e. The third-order valence-electron chi connectivity index (χ3n) is 9.76. The van der Waals surface area contributed by atoms with Crippen LogP contribution in [0.5, 0.6) is 0 Å². The largest absolute Gasteiger partial charge is 0.389 e. The van der Waals surface area contributed by atoms with Crippen LogP contribution in [0.3, 0.4) is 0 Å². The molecule has 0 bridgehead atoms. The van der Waals surface area contributed by atoms with E-state index < -0.39 is 0 Å². The number of aliphatic hydroxyl groups is 1. The Morgan fingerprint density at radius 1 is 1.21 bits per heavy atom. The molecule has 10 atom stereocenters. The monoisotopic (exact) mass is 382 g/mol. The molecule has 0 amide bonds. The van der Waals surface area contributed by atoms with Crippen molar-refractivity contribution in [3.8, 4) is 0 Å². The van der Waals surface area contributed by atoms with Gasteiger partial charge in [-0.2, -0.15) is 0 Å². The van der Waals surface area contributed by atoms with E-state index in [0.717, 1.165) is 60.9 Å². The van der Waals surface area contributed by atoms with Crippen LogP contribution in [0.1, 0.15) is 51.9 Å². The fraction of sp³-hybridized carbons (Fsp3) is 0.769. The molecule has 5 aliphatic carbocycles. The third kappa shape index (κ3) is 2.67. The Balaban J connectivity index is 1.47. The molecular weight excluding hydrogens is 344 g/mol. The smallest absolute Gasteiger partial charge is 0.0723 e. The van der Waals surface area contributed by atoms with Crippen LogP contribution in [0.15, 0.2) is 37.0 Å². The molecule has 1 N–H and O–H groups in total. The van der Waals surface area contributed by atoms with Crippen molar-refractivity contribution in [1.29, 1.82) is 0 Å². The molecule has 4 saturated carbocycles. The summed E-state index contributed by atoms with van der Waals surface area (Å²) in [7, 11) is 0. The molecule has 0 spiro atoms. The SMILES string of the molecule is C=CCOCC1C2CC2C2C3C(C=C)CC4=CC(O)CCC4C3CCC12CC. The van der Waals surface area contributed by atoms with Gasteiger partial charge in [0.1, 0.15) is 0 Å². The van der Waals surface area contributed by atoms with E-state index >= 15 is 0 Å². The molecule has 5 aliphatic rings. The van der Waals surface area contributed by atoms with Crippen molar-refractivity contribution in [1.82, 2.24) is 0 Å². The summed E-state index contributed by atoms with van der Waals surface area (Å²) in [6.45, 7) is 12.2. The van der Waals surface area contributed by atoms with Crippen molar-refractivity contribution in [2.45, 2.75) is 58.0 Å². The van der Waals surface area contributed by atoms with Gasteiger partial charge in [0.15, 0.2) is 0 Å². The molecule has 0 aromatic carbocycles. The van der Waals surface area contributed by atoms with Crippen molar-refractivity contribution >= 4 is 0 Å². The Kier molecular flexibility index (Phi) is 4.87. The second-order valence-electron chi connectivity index (χ2n) is 10.5. The van der Waals surface area contributed by atoms with Crippen LogP contribution in [0.4, 0.5) is 0 Å². The molecular formula is C26H38O2. The average molecular weight is 383 g/mol. The number of aliphatic hydroxyl groups excluding tert-OH is 1. The Morgan fingerprint density at radius 3 is 2.82 bits per heavy atom. The van der Waals surface area contributed by atoms with Gasteiger partial charge in [-0.25, -0.2) is 0 Å². The van der Waals surface area contributed by atoms with Crippen molar-refractivity contribution in [2.75, 3.05) is 13.2 Å². The van der Waals surface area contributed by atoms with Gasteiger partial charge in [0.2, 0.25) is 0 Å². The normalized spacial score (nSPS) is 51.2. The highest BCUT2D eigenvalue weighted by Gasteiger charge is 2.70. The van der Waals surface area contributed by atoms with Crippen LogP contribution < -0.4 is 0 Å². The van der Waals surface area contributed by atoms with Gasteiger partial charge in [-0.05, 0) is 97.7 Å². The van der Waals surface area contributed by atoms with Crippen LogP contribution >= 0.6 is 0 Å². The molecule has 28 heavy (non-hydrogen) atoms. The van der Waals surface area contributed by atoms with E-state index in [4.69, 9.17) is 4.74 Å². The van der Waals surface area contributed by atoms with Gasteiger partial charge in [-0.15, -0.1) is 13.2 Å². The van der Waals surface area contributed by atoms with Gasteiger partial charge in [-0.1, -0.05) is 30.7 Å². The fourth-order valence-corrected chi connectivity index (χ4v) is 8.77. The van der Waals surface area contributed by atoms with Crippen molar-refractivity contribution < 1.29 is 9.84 Å². The Hall–Kier alpha value is -0.860. The lowest BCUT2D eigenvalue weighted by Gasteiger charge is -2.58.